The fraction of sp³-hybridized carbons (Fsp3) is 0.269. The van der Waals surface area contributed by atoms with Gasteiger partial charge in [-0.3, -0.25) is 0 Å². The Morgan fingerprint density at radius 1 is 0.879 bits per heavy atom. The Balaban J connectivity index is 1.22. The first-order valence-electron chi connectivity index (χ1n) is 11.4. The predicted octanol–water partition coefficient (Wildman–Crippen LogP) is 5.63. The van der Waals surface area contributed by atoms with E-state index in [0.717, 1.165) is 61.0 Å². The van der Waals surface area contributed by atoms with E-state index in [-0.39, 0.29) is 5.82 Å². The number of aryl methyl sites for hydroxylation is 1. The van der Waals surface area contributed by atoms with Crippen LogP contribution in [0.2, 0.25) is 5.02 Å². The molecule has 5 rings (SSSR count). The van der Waals surface area contributed by atoms with Crippen LogP contribution in [-0.4, -0.2) is 35.6 Å². The standard InChI is InChI=1S/C26H27ClFN5/c1-2-24-25(33-18-19(27)3-12-26(33)30-24)17-29-21-6-10-23(11-7-21)32-15-13-31(14-16-32)22-8-4-20(28)5-9-22/h3-12,18,29H,2,13-17H2,1H3. The maximum atomic E-state index is 13.2. The monoisotopic (exact) mass is 463 g/mol. The Morgan fingerprint density at radius 2 is 1.48 bits per heavy atom. The van der Waals surface area contributed by atoms with E-state index in [0.29, 0.717) is 11.6 Å². The van der Waals surface area contributed by atoms with Gasteiger partial charge in [0.1, 0.15) is 11.5 Å². The zero-order valence-electron chi connectivity index (χ0n) is 18.6. The number of aromatic nitrogens is 2. The summed E-state index contributed by atoms with van der Waals surface area (Å²) in [6, 6.07) is 19.2. The Kier molecular flexibility index (Phi) is 6.09. The van der Waals surface area contributed by atoms with Crippen LogP contribution in [0.25, 0.3) is 5.65 Å². The van der Waals surface area contributed by atoms with Gasteiger partial charge in [-0.1, -0.05) is 18.5 Å². The average molecular weight is 464 g/mol. The Bertz CT molecular complexity index is 1230. The summed E-state index contributed by atoms with van der Waals surface area (Å²) in [4.78, 5) is 9.43. The fourth-order valence-corrected chi connectivity index (χ4v) is 4.60. The number of fused-ring (bicyclic) bond motifs is 1. The molecule has 2 aromatic carbocycles. The second-order valence-electron chi connectivity index (χ2n) is 8.29. The fourth-order valence-electron chi connectivity index (χ4n) is 4.44. The van der Waals surface area contributed by atoms with E-state index in [1.807, 2.05) is 30.5 Å². The van der Waals surface area contributed by atoms with Gasteiger partial charge in [0.25, 0.3) is 0 Å². The molecule has 2 aromatic heterocycles. The molecule has 1 N–H and O–H groups in total. The molecule has 0 aliphatic carbocycles. The number of nitrogens with one attached hydrogen (secondary N) is 1. The Hall–Kier alpha value is -3.25. The van der Waals surface area contributed by atoms with Gasteiger partial charge in [0.2, 0.25) is 0 Å². The molecule has 4 aromatic rings. The molecule has 0 bridgehead atoms. The molecule has 0 saturated carbocycles. The maximum absolute atomic E-state index is 13.2. The van der Waals surface area contributed by atoms with Crippen molar-refractivity contribution in [2.45, 2.75) is 19.9 Å². The third-order valence-corrected chi connectivity index (χ3v) is 6.49. The number of pyridine rings is 1. The van der Waals surface area contributed by atoms with Crippen molar-refractivity contribution in [3.63, 3.8) is 0 Å². The molecule has 1 saturated heterocycles. The normalized spacial score (nSPS) is 14.2. The lowest BCUT2D eigenvalue weighted by atomic mass is 10.2. The van der Waals surface area contributed by atoms with Crippen molar-refractivity contribution in [2.24, 2.45) is 0 Å². The van der Waals surface area contributed by atoms with Crippen molar-refractivity contribution in [3.05, 3.63) is 89.1 Å². The molecule has 0 unspecified atom stereocenters. The topological polar surface area (TPSA) is 35.8 Å². The van der Waals surface area contributed by atoms with E-state index >= 15 is 0 Å². The predicted molar refractivity (Wildman–Crippen MR) is 134 cm³/mol. The molecule has 0 radical (unpaired) electrons. The smallest absolute Gasteiger partial charge is 0.137 e. The van der Waals surface area contributed by atoms with E-state index in [1.165, 1.54) is 17.8 Å². The van der Waals surface area contributed by atoms with Crippen molar-refractivity contribution in [3.8, 4) is 0 Å². The van der Waals surface area contributed by atoms with E-state index in [9.17, 15) is 4.39 Å². The number of hydrogen-bond donors (Lipinski definition) is 1. The zero-order valence-corrected chi connectivity index (χ0v) is 19.4. The summed E-state index contributed by atoms with van der Waals surface area (Å²) in [5.74, 6) is -0.192. The van der Waals surface area contributed by atoms with Crippen LogP contribution in [0.15, 0.2) is 66.9 Å². The summed E-state index contributed by atoms with van der Waals surface area (Å²) in [6.45, 7) is 6.52. The molecule has 1 aliphatic rings. The van der Waals surface area contributed by atoms with Gasteiger partial charge < -0.3 is 19.5 Å². The number of nitrogens with zero attached hydrogens (tertiary/aromatic N) is 4. The first kappa shape index (κ1) is 21.6. The number of rotatable bonds is 6. The number of piperazine rings is 1. The summed E-state index contributed by atoms with van der Waals surface area (Å²) in [7, 11) is 0. The minimum Gasteiger partial charge on any atom is -0.379 e. The summed E-state index contributed by atoms with van der Waals surface area (Å²) in [6.07, 6.45) is 2.80. The van der Waals surface area contributed by atoms with Crippen molar-refractivity contribution in [1.82, 2.24) is 9.38 Å². The minimum atomic E-state index is -0.192. The highest BCUT2D eigenvalue weighted by atomic mass is 35.5. The summed E-state index contributed by atoms with van der Waals surface area (Å²) >= 11 is 6.21. The van der Waals surface area contributed by atoms with Crippen LogP contribution in [0, 0.1) is 5.82 Å². The Labute approximate surface area is 198 Å². The van der Waals surface area contributed by atoms with Gasteiger partial charge in [-0.25, -0.2) is 9.37 Å². The van der Waals surface area contributed by atoms with Gasteiger partial charge >= 0.3 is 0 Å². The number of halogens is 2. The van der Waals surface area contributed by atoms with E-state index in [1.54, 1.807) is 0 Å². The molecule has 7 heteroatoms. The second kappa shape index (κ2) is 9.32. The number of benzene rings is 2. The molecular weight excluding hydrogens is 437 g/mol. The zero-order chi connectivity index (χ0) is 22.8. The number of imidazole rings is 1. The van der Waals surface area contributed by atoms with E-state index in [2.05, 4.69) is 50.7 Å². The van der Waals surface area contributed by atoms with Gasteiger partial charge in [-0.15, -0.1) is 0 Å². The van der Waals surface area contributed by atoms with E-state index < -0.39 is 0 Å². The van der Waals surface area contributed by atoms with Gasteiger partial charge in [-0.2, -0.15) is 0 Å². The largest absolute Gasteiger partial charge is 0.379 e. The van der Waals surface area contributed by atoms with Crippen LogP contribution in [0.3, 0.4) is 0 Å². The summed E-state index contributed by atoms with van der Waals surface area (Å²) in [5.41, 5.74) is 6.51. The van der Waals surface area contributed by atoms with Crippen LogP contribution in [0.5, 0.6) is 0 Å². The molecule has 33 heavy (non-hydrogen) atoms. The lowest BCUT2D eigenvalue weighted by Gasteiger charge is -2.37. The Morgan fingerprint density at radius 3 is 2.09 bits per heavy atom. The van der Waals surface area contributed by atoms with Crippen LogP contribution in [-0.2, 0) is 13.0 Å². The molecule has 5 nitrogen and oxygen atoms in total. The first-order chi connectivity index (χ1) is 16.1. The molecule has 0 atom stereocenters. The van der Waals surface area contributed by atoms with Gasteiger partial charge in [0.05, 0.1) is 23.0 Å². The molecule has 1 aliphatic heterocycles. The maximum Gasteiger partial charge on any atom is 0.137 e. The highest BCUT2D eigenvalue weighted by Gasteiger charge is 2.18. The van der Waals surface area contributed by atoms with Crippen LogP contribution in [0.1, 0.15) is 18.3 Å². The van der Waals surface area contributed by atoms with Gasteiger partial charge in [0.15, 0.2) is 0 Å². The average Bonchev–Trinajstić information content (AvgIpc) is 3.20. The second-order valence-corrected chi connectivity index (χ2v) is 8.72. The number of anilines is 3. The van der Waals surface area contributed by atoms with Gasteiger partial charge in [-0.05, 0) is 67.1 Å². The number of hydrogen-bond acceptors (Lipinski definition) is 4. The highest BCUT2D eigenvalue weighted by Crippen LogP contribution is 2.24. The van der Waals surface area contributed by atoms with Crippen molar-refractivity contribution < 1.29 is 4.39 Å². The first-order valence-corrected chi connectivity index (χ1v) is 11.7. The third kappa shape index (κ3) is 4.62. The molecule has 0 amide bonds. The third-order valence-electron chi connectivity index (χ3n) is 6.26. The van der Waals surface area contributed by atoms with Crippen molar-refractivity contribution >= 4 is 34.3 Å². The molecular formula is C26H27ClFN5. The molecule has 3 heterocycles. The van der Waals surface area contributed by atoms with E-state index in [4.69, 9.17) is 16.6 Å². The van der Waals surface area contributed by atoms with Crippen LogP contribution >= 0.6 is 11.6 Å². The summed E-state index contributed by atoms with van der Waals surface area (Å²) < 4.78 is 15.3. The quantitative estimate of drug-likeness (QED) is 0.402. The van der Waals surface area contributed by atoms with Crippen LogP contribution < -0.4 is 15.1 Å². The highest BCUT2D eigenvalue weighted by molar-refractivity contribution is 6.30. The van der Waals surface area contributed by atoms with Crippen molar-refractivity contribution in [1.29, 1.82) is 0 Å². The molecule has 0 spiro atoms. The minimum absolute atomic E-state index is 0.192. The lowest BCUT2D eigenvalue weighted by Crippen LogP contribution is -2.46. The lowest BCUT2D eigenvalue weighted by molar-refractivity contribution is 0.625. The molecule has 1 fully saturated rings. The molecule has 170 valence electrons. The van der Waals surface area contributed by atoms with Gasteiger partial charge in [0, 0.05) is 49.4 Å². The van der Waals surface area contributed by atoms with Crippen LogP contribution in [0.4, 0.5) is 21.5 Å². The van der Waals surface area contributed by atoms with Crippen molar-refractivity contribution in [2.75, 3.05) is 41.3 Å². The summed E-state index contributed by atoms with van der Waals surface area (Å²) in [5, 5.41) is 4.24. The SMILES string of the molecule is CCc1nc2ccc(Cl)cn2c1CNc1ccc(N2CCN(c3ccc(F)cc3)CC2)cc1.